The number of nitrogens with one attached hydrogen (secondary N) is 2. The van der Waals surface area contributed by atoms with E-state index in [-0.39, 0.29) is 11.8 Å². The second-order valence-electron chi connectivity index (χ2n) is 5.44. The first-order valence-corrected chi connectivity index (χ1v) is 7.77. The standard InChI is InChI=1S/C17H19N3O6/c1-10-8-15(20-26-10)24-9-16(22)25-11(2)17(23)19-14-6-4-13(5-7-14)18-12(3)21/h4-8,11H,9H2,1-3H3,(H,18,21)(H,19,23)/t11-/m0/s1. The van der Waals surface area contributed by atoms with Gasteiger partial charge in [-0.25, -0.2) is 4.79 Å². The van der Waals surface area contributed by atoms with Gasteiger partial charge in [0.15, 0.2) is 12.7 Å². The summed E-state index contributed by atoms with van der Waals surface area (Å²) in [6, 6.07) is 8.04. The summed E-state index contributed by atoms with van der Waals surface area (Å²) >= 11 is 0. The molecule has 1 aromatic carbocycles. The molecule has 1 aromatic heterocycles. The van der Waals surface area contributed by atoms with Gasteiger partial charge in [-0.2, -0.15) is 0 Å². The van der Waals surface area contributed by atoms with E-state index < -0.39 is 24.6 Å². The highest BCUT2D eigenvalue weighted by Gasteiger charge is 2.18. The van der Waals surface area contributed by atoms with Crippen LogP contribution in [0, 0.1) is 6.92 Å². The third-order valence-electron chi connectivity index (χ3n) is 3.09. The molecular weight excluding hydrogens is 342 g/mol. The van der Waals surface area contributed by atoms with Gasteiger partial charge in [0.1, 0.15) is 5.76 Å². The number of hydrogen-bond acceptors (Lipinski definition) is 7. The largest absolute Gasteiger partial charge is 0.463 e. The molecule has 1 heterocycles. The third kappa shape index (κ3) is 5.93. The van der Waals surface area contributed by atoms with Crippen molar-refractivity contribution in [1.29, 1.82) is 0 Å². The zero-order valence-electron chi connectivity index (χ0n) is 14.6. The summed E-state index contributed by atoms with van der Waals surface area (Å²) in [7, 11) is 0. The van der Waals surface area contributed by atoms with Crippen LogP contribution in [0.5, 0.6) is 5.88 Å². The van der Waals surface area contributed by atoms with E-state index in [1.165, 1.54) is 19.9 Å². The lowest BCUT2D eigenvalue weighted by Crippen LogP contribution is -2.31. The highest BCUT2D eigenvalue weighted by atomic mass is 16.6. The summed E-state index contributed by atoms with van der Waals surface area (Å²) in [4.78, 5) is 34.7. The normalized spacial score (nSPS) is 11.3. The predicted molar refractivity (Wildman–Crippen MR) is 91.7 cm³/mol. The van der Waals surface area contributed by atoms with Crippen LogP contribution in [0.3, 0.4) is 0 Å². The molecule has 0 saturated heterocycles. The van der Waals surface area contributed by atoms with Gasteiger partial charge < -0.3 is 24.6 Å². The van der Waals surface area contributed by atoms with Gasteiger partial charge in [0.25, 0.3) is 11.8 Å². The Bertz CT molecular complexity index is 784. The van der Waals surface area contributed by atoms with Crippen molar-refractivity contribution in [2.45, 2.75) is 26.9 Å². The fraction of sp³-hybridized carbons (Fsp3) is 0.294. The maximum atomic E-state index is 12.1. The van der Waals surface area contributed by atoms with Gasteiger partial charge in [0, 0.05) is 24.4 Å². The van der Waals surface area contributed by atoms with E-state index >= 15 is 0 Å². The molecule has 0 aliphatic rings. The number of ether oxygens (including phenoxy) is 2. The van der Waals surface area contributed by atoms with Crippen molar-refractivity contribution in [1.82, 2.24) is 5.16 Å². The van der Waals surface area contributed by atoms with Gasteiger partial charge in [-0.05, 0) is 43.3 Å². The Morgan fingerprint density at radius 3 is 2.31 bits per heavy atom. The van der Waals surface area contributed by atoms with E-state index in [1.54, 1.807) is 31.2 Å². The first-order valence-electron chi connectivity index (χ1n) is 7.77. The Morgan fingerprint density at radius 1 is 1.15 bits per heavy atom. The lowest BCUT2D eigenvalue weighted by atomic mass is 10.2. The van der Waals surface area contributed by atoms with E-state index in [4.69, 9.17) is 14.0 Å². The number of carbonyl (C=O) groups excluding carboxylic acids is 3. The number of carbonyl (C=O) groups is 3. The molecule has 9 nitrogen and oxygen atoms in total. The van der Waals surface area contributed by atoms with Crippen molar-refractivity contribution in [2.75, 3.05) is 17.2 Å². The number of hydrogen-bond donors (Lipinski definition) is 2. The summed E-state index contributed by atoms with van der Waals surface area (Å²) in [5, 5.41) is 8.80. The fourth-order valence-electron chi connectivity index (χ4n) is 1.91. The van der Waals surface area contributed by atoms with Crippen LogP contribution in [0.4, 0.5) is 11.4 Å². The maximum Gasteiger partial charge on any atom is 0.345 e. The minimum absolute atomic E-state index is 0.163. The van der Waals surface area contributed by atoms with Gasteiger partial charge in [-0.1, -0.05) is 0 Å². The number of aromatic nitrogens is 1. The molecule has 0 fully saturated rings. The van der Waals surface area contributed by atoms with E-state index in [1.807, 2.05) is 0 Å². The topological polar surface area (TPSA) is 120 Å². The smallest absolute Gasteiger partial charge is 0.345 e. The second kappa shape index (κ2) is 8.65. The zero-order valence-corrected chi connectivity index (χ0v) is 14.6. The summed E-state index contributed by atoms with van der Waals surface area (Å²) in [5.74, 6) is -0.691. The molecule has 0 aliphatic heterocycles. The van der Waals surface area contributed by atoms with Crippen LogP contribution < -0.4 is 15.4 Å². The molecule has 0 radical (unpaired) electrons. The lowest BCUT2D eigenvalue weighted by molar-refractivity contribution is -0.155. The number of nitrogens with zero attached hydrogens (tertiary/aromatic N) is 1. The first kappa shape index (κ1) is 19.0. The minimum Gasteiger partial charge on any atom is -0.463 e. The van der Waals surface area contributed by atoms with E-state index in [0.717, 1.165) is 0 Å². The Hall–Kier alpha value is -3.36. The maximum absolute atomic E-state index is 12.1. The highest BCUT2D eigenvalue weighted by Crippen LogP contribution is 2.14. The molecule has 2 rings (SSSR count). The molecule has 0 bridgehead atoms. The summed E-state index contributed by atoms with van der Waals surface area (Å²) in [6.45, 7) is 4.14. The van der Waals surface area contributed by atoms with Crippen LogP contribution in [0.15, 0.2) is 34.9 Å². The molecule has 2 amide bonds. The molecule has 2 N–H and O–H groups in total. The first-order chi connectivity index (χ1) is 12.3. The van der Waals surface area contributed by atoms with Crippen molar-refractivity contribution in [3.63, 3.8) is 0 Å². The Morgan fingerprint density at radius 2 is 1.77 bits per heavy atom. The quantitative estimate of drug-likeness (QED) is 0.723. The van der Waals surface area contributed by atoms with Crippen LogP contribution in [-0.2, 0) is 19.1 Å². The monoisotopic (exact) mass is 361 g/mol. The third-order valence-corrected chi connectivity index (χ3v) is 3.09. The number of esters is 1. The van der Waals surface area contributed by atoms with Crippen molar-refractivity contribution >= 4 is 29.2 Å². The van der Waals surface area contributed by atoms with Crippen LogP contribution in [0.25, 0.3) is 0 Å². The van der Waals surface area contributed by atoms with Crippen LogP contribution >= 0.6 is 0 Å². The summed E-state index contributed by atoms with van der Waals surface area (Å²) in [5.41, 5.74) is 1.11. The van der Waals surface area contributed by atoms with Crippen LogP contribution in [0.1, 0.15) is 19.6 Å². The highest BCUT2D eigenvalue weighted by molar-refractivity contribution is 5.95. The number of rotatable bonds is 7. The van der Waals surface area contributed by atoms with Gasteiger partial charge in [-0.3, -0.25) is 9.59 Å². The molecule has 0 unspecified atom stereocenters. The number of amides is 2. The predicted octanol–water partition coefficient (Wildman–Crippen LogP) is 1.89. The van der Waals surface area contributed by atoms with Crippen LogP contribution in [-0.4, -0.2) is 35.7 Å². The molecule has 26 heavy (non-hydrogen) atoms. The molecule has 2 aromatic rings. The molecule has 0 saturated carbocycles. The van der Waals surface area contributed by atoms with E-state index in [0.29, 0.717) is 17.1 Å². The average Bonchev–Trinajstić information content (AvgIpc) is 2.99. The fourth-order valence-corrected chi connectivity index (χ4v) is 1.91. The Kier molecular flexibility index (Phi) is 6.31. The SMILES string of the molecule is CC(=O)Nc1ccc(NC(=O)[C@H](C)OC(=O)COc2cc(C)on2)cc1. The molecular formula is C17H19N3O6. The molecule has 1 atom stereocenters. The van der Waals surface area contributed by atoms with Gasteiger partial charge >= 0.3 is 5.97 Å². The molecule has 0 spiro atoms. The molecule has 0 aliphatic carbocycles. The van der Waals surface area contributed by atoms with Crippen molar-refractivity contribution < 1.29 is 28.4 Å². The van der Waals surface area contributed by atoms with Gasteiger partial charge in [-0.15, -0.1) is 0 Å². The lowest BCUT2D eigenvalue weighted by Gasteiger charge is -2.13. The van der Waals surface area contributed by atoms with Gasteiger partial charge in [0.05, 0.1) is 0 Å². The van der Waals surface area contributed by atoms with Crippen molar-refractivity contribution in [3.8, 4) is 5.88 Å². The van der Waals surface area contributed by atoms with Crippen molar-refractivity contribution in [3.05, 3.63) is 36.1 Å². The van der Waals surface area contributed by atoms with Crippen molar-refractivity contribution in [2.24, 2.45) is 0 Å². The minimum atomic E-state index is -1.01. The van der Waals surface area contributed by atoms with E-state index in [9.17, 15) is 14.4 Å². The molecule has 138 valence electrons. The molecule has 9 heteroatoms. The second-order valence-corrected chi connectivity index (χ2v) is 5.44. The number of benzene rings is 1. The summed E-state index contributed by atoms with van der Waals surface area (Å²) in [6.07, 6.45) is -1.01. The number of anilines is 2. The average molecular weight is 361 g/mol. The number of aryl methyl sites for hydroxylation is 1. The van der Waals surface area contributed by atoms with Crippen LogP contribution in [0.2, 0.25) is 0 Å². The zero-order chi connectivity index (χ0) is 19.1. The van der Waals surface area contributed by atoms with E-state index in [2.05, 4.69) is 15.8 Å². The Balaban J connectivity index is 1.79. The Labute approximate surface area is 149 Å². The van der Waals surface area contributed by atoms with Gasteiger partial charge in [0.2, 0.25) is 5.91 Å². The summed E-state index contributed by atoms with van der Waals surface area (Å²) < 4.78 is 14.9.